The average Bonchev–Trinajstić information content (AvgIpc) is 3.76. The van der Waals surface area contributed by atoms with Gasteiger partial charge in [0.05, 0.1) is 38.2 Å². The highest BCUT2D eigenvalue weighted by Crippen LogP contribution is 2.63. The summed E-state index contributed by atoms with van der Waals surface area (Å²) in [6, 6.07) is 14.7. The van der Waals surface area contributed by atoms with Gasteiger partial charge in [-0.25, -0.2) is 9.59 Å². The van der Waals surface area contributed by atoms with Crippen LogP contribution in [0.25, 0.3) is 6.08 Å². The summed E-state index contributed by atoms with van der Waals surface area (Å²) in [5.74, 6) is 0.832. The number of carbonyl (C=O) groups excluding carboxylic acids is 2. The summed E-state index contributed by atoms with van der Waals surface area (Å²) in [7, 11) is 3.00. The van der Waals surface area contributed by atoms with Crippen molar-refractivity contribution in [3.8, 4) is 46.3 Å². The predicted molar refractivity (Wildman–Crippen MR) is 228 cm³/mol. The molecule has 0 saturated carbocycles. The van der Waals surface area contributed by atoms with Gasteiger partial charge in [0.15, 0.2) is 40.0 Å². The van der Waals surface area contributed by atoms with Gasteiger partial charge >= 0.3 is 11.9 Å². The number of rotatable bonds is 5. The van der Waals surface area contributed by atoms with Crippen molar-refractivity contribution >= 4 is 29.8 Å². The van der Waals surface area contributed by atoms with Gasteiger partial charge in [0, 0.05) is 65.2 Å². The number of benzene rings is 4. The van der Waals surface area contributed by atoms with E-state index in [2.05, 4.69) is 21.6 Å². The van der Waals surface area contributed by atoms with Crippen LogP contribution in [-0.2, 0) is 32.7 Å². The van der Waals surface area contributed by atoms with Crippen LogP contribution >= 0.6 is 11.8 Å². The number of methoxy groups -OCH3 is 2. The number of nitrogens with zero attached hydrogens (tertiary/aromatic N) is 2. The molecule has 4 N–H and O–H groups in total. The number of piperazine rings is 1. The molecule has 1 fully saturated rings. The van der Waals surface area contributed by atoms with E-state index in [0.29, 0.717) is 70.2 Å². The van der Waals surface area contributed by atoms with Crippen molar-refractivity contribution in [2.24, 2.45) is 0 Å². The number of esters is 2. The molecule has 6 aliphatic rings. The predicted octanol–water partition coefficient (Wildman–Crippen LogP) is 5.73. The van der Waals surface area contributed by atoms with Crippen LogP contribution in [0.5, 0.6) is 40.2 Å². The lowest BCUT2D eigenvalue weighted by Crippen LogP contribution is -2.68. The van der Waals surface area contributed by atoms with Gasteiger partial charge in [0.2, 0.25) is 6.79 Å². The second-order valence-corrected chi connectivity index (χ2v) is 17.7. The minimum absolute atomic E-state index is 0.0218. The zero-order chi connectivity index (χ0) is 43.0. The first kappa shape index (κ1) is 40.2. The molecular formula is C47H46N4O10S. The largest absolute Gasteiger partial charge is 0.504 e. The smallest absolute Gasteiger partial charge is 0.336 e. The Hall–Kier alpha value is -5.92. The van der Waals surface area contributed by atoms with E-state index in [1.165, 1.54) is 32.1 Å². The molecule has 4 aromatic carbocycles. The molecule has 14 nitrogen and oxygen atoms in total. The van der Waals surface area contributed by atoms with E-state index < -0.39 is 46.9 Å². The standard InChI is InChI=1S/C47H46N4O10S/c1-23-16-27-17-29-31(20-48)51-30-13-15-58-46(55)47(28-19-33(56-3)32(52)18-26(28)12-14-49-47)21-62-45(39(51)38(50-29)35(27)40(54)41(23)57-4)37-36(30)44-43(59-22-60-44)24(2)42(37)61-34(53)11-10-25-8-6-5-7-9-25/h5-11,16,18-19,29-31,38-39,45,49-50,52,54H,12-15,17,21-22H2,1-4H3/b11-10+/t29-,30+,31+,38+,39?,45-,47-/m1/s1. The van der Waals surface area contributed by atoms with Crippen LogP contribution in [0, 0.1) is 25.2 Å². The Morgan fingerprint density at radius 3 is 2.60 bits per heavy atom. The second-order valence-electron chi connectivity index (χ2n) is 16.6. The highest BCUT2D eigenvalue weighted by atomic mass is 32.2. The third-order valence-corrected chi connectivity index (χ3v) is 14.8. The maximum absolute atomic E-state index is 14.8. The number of aromatic hydroxyl groups is 2. The Morgan fingerprint density at radius 2 is 1.82 bits per heavy atom. The number of hydrogen-bond acceptors (Lipinski definition) is 15. The number of phenols is 2. The zero-order valence-corrected chi connectivity index (χ0v) is 35.5. The SMILES string of the molecule is COc1cc2c(cc1O)CCN[C@]21CS[C@@H]2c3c(OC(=O)/C=C/c4ccccc4)c(C)c4c(c3[C@H](CCOC1=O)N1C2[C@H]2N[C@H](Cc3cc(C)c(OC)c(O)c32)[C@@H]1C#N)OCO4. The van der Waals surface area contributed by atoms with E-state index in [4.69, 9.17) is 28.4 Å². The molecule has 0 amide bonds. The minimum Gasteiger partial charge on any atom is -0.504 e. The van der Waals surface area contributed by atoms with Crippen LogP contribution in [0.3, 0.4) is 0 Å². The number of hydrogen-bond donors (Lipinski definition) is 4. The Balaban J connectivity index is 1.22. The van der Waals surface area contributed by atoms with Crippen molar-refractivity contribution < 1.29 is 48.2 Å². The number of aryl methyl sites for hydroxylation is 1. The Morgan fingerprint density at radius 1 is 1.02 bits per heavy atom. The fourth-order valence-corrected chi connectivity index (χ4v) is 12.4. The maximum atomic E-state index is 14.8. The monoisotopic (exact) mass is 858 g/mol. The number of ether oxygens (including phenoxy) is 6. The van der Waals surface area contributed by atoms with E-state index in [9.17, 15) is 25.1 Å². The van der Waals surface area contributed by atoms with Gasteiger partial charge in [-0.05, 0) is 72.7 Å². The molecule has 10 rings (SSSR count). The highest BCUT2D eigenvalue weighted by molar-refractivity contribution is 7.99. The number of phenolic OH excluding ortho intramolecular Hbond substituents is 2. The third-order valence-electron chi connectivity index (χ3n) is 13.3. The molecule has 4 aromatic rings. The lowest BCUT2D eigenvalue weighted by molar-refractivity contribution is -0.152. The van der Waals surface area contributed by atoms with E-state index in [0.717, 1.165) is 22.3 Å². The summed E-state index contributed by atoms with van der Waals surface area (Å²) < 4.78 is 36.6. The van der Waals surface area contributed by atoms with Crippen molar-refractivity contribution in [1.82, 2.24) is 15.5 Å². The zero-order valence-electron chi connectivity index (χ0n) is 34.7. The first-order valence-corrected chi connectivity index (χ1v) is 21.8. The van der Waals surface area contributed by atoms with Crippen molar-refractivity contribution in [2.45, 2.75) is 74.1 Å². The molecule has 1 saturated heterocycles. The topological polar surface area (TPSA) is 181 Å². The van der Waals surface area contributed by atoms with E-state index in [1.54, 1.807) is 18.2 Å². The average molecular weight is 859 g/mol. The van der Waals surface area contributed by atoms with Gasteiger partial charge in [-0.2, -0.15) is 5.26 Å². The first-order valence-electron chi connectivity index (χ1n) is 20.8. The van der Waals surface area contributed by atoms with Gasteiger partial charge in [0.25, 0.3) is 0 Å². The van der Waals surface area contributed by atoms with Crippen molar-refractivity contribution in [2.75, 3.05) is 39.9 Å². The summed E-state index contributed by atoms with van der Waals surface area (Å²) in [5.41, 5.74) is 5.12. The summed E-state index contributed by atoms with van der Waals surface area (Å²) in [6.45, 7) is 4.05. The van der Waals surface area contributed by atoms with Gasteiger partial charge in [-0.1, -0.05) is 36.4 Å². The summed E-state index contributed by atoms with van der Waals surface area (Å²) in [4.78, 5) is 31.0. The van der Waals surface area contributed by atoms with Crippen LogP contribution in [0.15, 0.2) is 54.6 Å². The molecule has 0 aromatic heterocycles. The van der Waals surface area contributed by atoms with Crippen LogP contribution in [0.4, 0.5) is 0 Å². The van der Waals surface area contributed by atoms with Gasteiger partial charge < -0.3 is 44.0 Å². The van der Waals surface area contributed by atoms with Crippen LogP contribution in [0.2, 0.25) is 0 Å². The van der Waals surface area contributed by atoms with Crippen LogP contribution in [0.1, 0.15) is 73.8 Å². The number of thioether (sulfide) groups is 1. The van der Waals surface area contributed by atoms with Gasteiger partial charge in [0.1, 0.15) is 11.8 Å². The lowest BCUT2D eigenvalue weighted by atomic mass is 9.72. The van der Waals surface area contributed by atoms with E-state index >= 15 is 0 Å². The van der Waals surface area contributed by atoms with Crippen molar-refractivity contribution in [1.29, 1.82) is 5.26 Å². The quantitative estimate of drug-likeness (QED) is 0.109. The summed E-state index contributed by atoms with van der Waals surface area (Å²) >= 11 is 1.47. The lowest BCUT2D eigenvalue weighted by Gasteiger charge is -2.59. The number of nitriles is 1. The fourth-order valence-electron chi connectivity index (χ4n) is 10.7. The molecule has 4 bridgehead atoms. The van der Waals surface area contributed by atoms with Gasteiger partial charge in [-0.3, -0.25) is 10.2 Å². The fraction of sp³-hybridized carbons (Fsp3) is 0.383. The van der Waals surface area contributed by atoms with Crippen molar-refractivity contribution in [3.05, 3.63) is 105 Å². The van der Waals surface area contributed by atoms with Crippen molar-refractivity contribution in [3.63, 3.8) is 0 Å². The highest BCUT2D eigenvalue weighted by Gasteiger charge is 2.59. The normalized spacial score (nSPS) is 26.9. The number of nitrogens with one attached hydrogen (secondary N) is 2. The molecule has 0 aliphatic carbocycles. The Labute approximate surface area is 362 Å². The molecule has 7 atom stereocenters. The molecule has 6 heterocycles. The van der Waals surface area contributed by atoms with Crippen LogP contribution < -0.4 is 34.3 Å². The molecule has 0 radical (unpaired) electrons. The number of fused-ring (bicyclic) bond motifs is 11. The number of cyclic esters (lactones) is 1. The van der Waals surface area contributed by atoms with Gasteiger partial charge in [-0.15, -0.1) is 11.8 Å². The summed E-state index contributed by atoms with van der Waals surface area (Å²) in [6.07, 6.45) is 4.34. The third kappa shape index (κ3) is 6.10. The molecule has 320 valence electrons. The number of carbonyl (C=O) groups is 2. The maximum Gasteiger partial charge on any atom is 0.336 e. The summed E-state index contributed by atoms with van der Waals surface area (Å²) in [5, 5.41) is 40.9. The molecule has 6 aliphatic heterocycles. The molecular weight excluding hydrogens is 813 g/mol. The molecule has 1 spiro atoms. The Bertz CT molecular complexity index is 2600. The Kier molecular flexibility index (Phi) is 10.0. The minimum atomic E-state index is -1.40. The second kappa shape index (κ2) is 15.5. The molecule has 15 heteroatoms. The van der Waals surface area contributed by atoms with E-state index in [1.807, 2.05) is 50.2 Å². The first-order chi connectivity index (χ1) is 30.1. The van der Waals surface area contributed by atoms with E-state index in [-0.39, 0.29) is 48.9 Å². The molecule has 1 unspecified atom stereocenters. The molecule has 62 heavy (non-hydrogen) atoms. The van der Waals surface area contributed by atoms with Crippen LogP contribution in [-0.4, -0.2) is 85.1 Å².